The lowest BCUT2D eigenvalue weighted by Gasteiger charge is -2.07. The zero-order valence-corrected chi connectivity index (χ0v) is 8.88. The van der Waals surface area contributed by atoms with Crippen LogP contribution in [0.25, 0.3) is 0 Å². The highest BCUT2D eigenvalue weighted by atomic mass is 35.5. The summed E-state index contributed by atoms with van der Waals surface area (Å²) < 4.78 is 0. The summed E-state index contributed by atoms with van der Waals surface area (Å²) in [5.74, 6) is 0.199. The number of halogens is 2. The van der Waals surface area contributed by atoms with Crippen molar-refractivity contribution in [3.63, 3.8) is 0 Å². The van der Waals surface area contributed by atoms with Gasteiger partial charge in [0.15, 0.2) is 0 Å². The van der Waals surface area contributed by atoms with Gasteiger partial charge in [0.25, 0.3) is 0 Å². The Labute approximate surface area is 87.5 Å². The minimum absolute atomic E-state index is 0.199. The van der Waals surface area contributed by atoms with Gasteiger partial charge >= 0.3 is 0 Å². The second-order valence-electron chi connectivity index (χ2n) is 2.59. The van der Waals surface area contributed by atoms with E-state index in [0.29, 0.717) is 10.0 Å². The Hall–Kier alpha value is -0.110. The molecule has 0 nitrogen and oxygen atoms in total. The van der Waals surface area contributed by atoms with Gasteiger partial charge in [-0.3, -0.25) is 0 Å². The first-order chi connectivity index (χ1) is 5.65. The van der Waals surface area contributed by atoms with Gasteiger partial charge in [0, 0.05) is 16.0 Å². The van der Waals surface area contributed by atoms with Gasteiger partial charge in [0.05, 0.1) is 0 Å². The molecule has 12 heavy (non-hydrogen) atoms. The van der Waals surface area contributed by atoms with E-state index >= 15 is 0 Å². The van der Waals surface area contributed by atoms with E-state index in [1.165, 1.54) is 0 Å². The third-order valence-corrected chi connectivity index (χ3v) is 2.63. The van der Waals surface area contributed by atoms with Crippen molar-refractivity contribution in [1.82, 2.24) is 0 Å². The summed E-state index contributed by atoms with van der Waals surface area (Å²) in [5.41, 5.74) is 1.02. The second-order valence-corrected chi connectivity index (χ2v) is 3.71. The Morgan fingerprint density at radius 3 is 2.58 bits per heavy atom. The van der Waals surface area contributed by atoms with Gasteiger partial charge in [-0.1, -0.05) is 48.4 Å². The molecule has 1 rings (SSSR count). The fourth-order valence-electron chi connectivity index (χ4n) is 0.944. The topological polar surface area (TPSA) is 0 Å². The molecule has 0 aliphatic carbocycles. The van der Waals surface area contributed by atoms with Gasteiger partial charge in [-0.25, -0.2) is 0 Å². The molecular formula is C9H8Cl2S. The molecule has 0 fully saturated rings. The molecule has 1 unspecified atom stereocenters. The molecule has 0 amide bonds. The summed E-state index contributed by atoms with van der Waals surface area (Å²) in [4.78, 5) is 0. The highest BCUT2D eigenvalue weighted by molar-refractivity contribution is 7.79. The van der Waals surface area contributed by atoms with Crippen LogP contribution in [-0.4, -0.2) is 5.37 Å². The van der Waals surface area contributed by atoms with Crippen LogP contribution in [0.3, 0.4) is 0 Å². The maximum atomic E-state index is 5.95. The summed E-state index contributed by atoms with van der Waals surface area (Å²) in [6.07, 6.45) is 0. The van der Waals surface area contributed by atoms with E-state index in [1.807, 2.05) is 19.1 Å². The smallest absolute Gasteiger partial charge is 0.0458 e. The fourth-order valence-corrected chi connectivity index (χ4v) is 1.67. The van der Waals surface area contributed by atoms with E-state index in [9.17, 15) is 0 Å². The summed E-state index contributed by atoms with van der Waals surface area (Å²) in [7, 11) is 0. The normalized spacial score (nSPS) is 12.6. The van der Waals surface area contributed by atoms with Crippen LogP contribution in [0, 0.1) is 0 Å². The van der Waals surface area contributed by atoms with Gasteiger partial charge in [0.1, 0.15) is 0 Å². The number of hydrogen-bond acceptors (Lipinski definition) is 1. The summed E-state index contributed by atoms with van der Waals surface area (Å²) in [5, 5.41) is 3.02. The monoisotopic (exact) mass is 218 g/mol. The molecule has 0 saturated carbocycles. The molecule has 0 saturated heterocycles. The molecule has 0 radical (unpaired) electrons. The third kappa shape index (κ3) is 2.19. The Morgan fingerprint density at radius 1 is 1.42 bits per heavy atom. The van der Waals surface area contributed by atoms with Gasteiger partial charge in [-0.05, 0) is 23.1 Å². The molecule has 0 aliphatic heterocycles. The van der Waals surface area contributed by atoms with E-state index in [1.54, 1.807) is 11.4 Å². The lowest BCUT2D eigenvalue weighted by atomic mass is 10.0. The van der Waals surface area contributed by atoms with Gasteiger partial charge in [0.2, 0.25) is 0 Å². The molecular weight excluding hydrogens is 211 g/mol. The van der Waals surface area contributed by atoms with Gasteiger partial charge in [-0.15, -0.1) is 0 Å². The Morgan fingerprint density at radius 2 is 2.08 bits per heavy atom. The Bertz CT molecular complexity index is 297. The quantitative estimate of drug-likeness (QED) is 0.675. The molecule has 0 heterocycles. The predicted octanol–water partition coefficient (Wildman–Crippen LogP) is 4.10. The van der Waals surface area contributed by atoms with Crippen LogP contribution in [0.15, 0.2) is 18.2 Å². The van der Waals surface area contributed by atoms with Crippen molar-refractivity contribution in [2.45, 2.75) is 12.8 Å². The van der Waals surface area contributed by atoms with Crippen LogP contribution < -0.4 is 0 Å². The van der Waals surface area contributed by atoms with E-state index in [-0.39, 0.29) is 5.92 Å². The Kier molecular flexibility index (Phi) is 3.51. The van der Waals surface area contributed by atoms with Crippen molar-refractivity contribution >= 4 is 40.8 Å². The predicted molar refractivity (Wildman–Crippen MR) is 58.5 cm³/mol. The van der Waals surface area contributed by atoms with Crippen LogP contribution in [0.5, 0.6) is 0 Å². The van der Waals surface area contributed by atoms with Crippen molar-refractivity contribution < 1.29 is 0 Å². The largest absolute Gasteiger partial charge is 0.0928 e. The number of thiocarbonyl (C=S) groups is 1. The molecule has 1 atom stereocenters. The molecule has 0 bridgehead atoms. The number of rotatable bonds is 2. The van der Waals surface area contributed by atoms with Crippen LogP contribution in [0.1, 0.15) is 18.4 Å². The maximum Gasteiger partial charge on any atom is 0.0458 e. The van der Waals surface area contributed by atoms with Crippen molar-refractivity contribution in [3.05, 3.63) is 33.8 Å². The number of benzene rings is 1. The van der Waals surface area contributed by atoms with Crippen molar-refractivity contribution in [2.24, 2.45) is 0 Å². The van der Waals surface area contributed by atoms with E-state index in [2.05, 4.69) is 0 Å². The highest BCUT2D eigenvalue weighted by Crippen LogP contribution is 2.26. The van der Waals surface area contributed by atoms with Crippen LogP contribution in [-0.2, 0) is 0 Å². The zero-order chi connectivity index (χ0) is 9.14. The van der Waals surface area contributed by atoms with Crippen LogP contribution in [0.2, 0.25) is 10.0 Å². The molecule has 64 valence electrons. The minimum atomic E-state index is 0.199. The second kappa shape index (κ2) is 4.22. The zero-order valence-electron chi connectivity index (χ0n) is 6.55. The summed E-state index contributed by atoms with van der Waals surface area (Å²) in [6.45, 7) is 2.00. The SMILES string of the molecule is CC(C=S)c1ccc(Cl)cc1Cl. The molecule has 0 N–H and O–H groups in total. The molecule has 0 aliphatic rings. The molecule has 0 aromatic heterocycles. The number of hydrogen-bond donors (Lipinski definition) is 0. The van der Waals surface area contributed by atoms with Crippen LogP contribution in [0.4, 0.5) is 0 Å². The first-order valence-electron chi connectivity index (χ1n) is 3.55. The molecule has 1 aromatic rings. The first kappa shape index (κ1) is 9.97. The molecule has 1 aromatic carbocycles. The summed E-state index contributed by atoms with van der Waals surface area (Å²) in [6, 6.07) is 5.45. The molecule has 3 heteroatoms. The third-order valence-electron chi connectivity index (χ3n) is 1.66. The Balaban J connectivity index is 3.09. The van der Waals surface area contributed by atoms with Crippen molar-refractivity contribution in [1.29, 1.82) is 0 Å². The van der Waals surface area contributed by atoms with Crippen molar-refractivity contribution in [2.75, 3.05) is 0 Å². The van der Waals surface area contributed by atoms with E-state index in [4.69, 9.17) is 35.4 Å². The lowest BCUT2D eigenvalue weighted by Crippen LogP contribution is -1.93. The van der Waals surface area contributed by atoms with E-state index < -0.39 is 0 Å². The highest BCUT2D eigenvalue weighted by Gasteiger charge is 2.06. The minimum Gasteiger partial charge on any atom is -0.0928 e. The van der Waals surface area contributed by atoms with Crippen molar-refractivity contribution in [3.8, 4) is 0 Å². The summed E-state index contributed by atoms with van der Waals surface area (Å²) >= 11 is 16.5. The lowest BCUT2D eigenvalue weighted by molar-refractivity contribution is 1.06. The average molecular weight is 219 g/mol. The van der Waals surface area contributed by atoms with Gasteiger partial charge < -0.3 is 0 Å². The first-order valence-corrected chi connectivity index (χ1v) is 4.78. The van der Waals surface area contributed by atoms with Gasteiger partial charge in [-0.2, -0.15) is 0 Å². The van der Waals surface area contributed by atoms with Crippen LogP contribution >= 0.6 is 35.4 Å². The van der Waals surface area contributed by atoms with E-state index in [0.717, 1.165) is 5.56 Å². The fraction of sp³-hybridized carbons (Fsp3) is 0.222. The molecule has 0 spiro atoms. The standard InChI is InChI=1S/C9H8Cl2S/c1-6(5-12)8-3-2-7(10)4-9(8)11/h2-6H,1H3. The average Bonchev–Trinajstić information content (AvgIpc) is 2.03. The maximum absolute atomic E-state index is 5.95.